The number of carbonyl (C=O) groups excluding carboxylic acids is 2. The van der Waals surface area contributed by atoms with E-state index < -0.39 is 30.1 Å². The first kappa shape index (κ1) is 28.4. The average Bonchev–Trinajstić information content (AvgIpc) is 3.26. The summed E-state index contributed by atoms with van der Waals surface area (Å²) in [6.07, 6.45) is 2.98. The Kier molecular flexibility index (Phi) is 9.30. The van der Waals surface area contributed by atoms with Crippen LogP contribution in [0.4, 0.5) is 0 Å². The first-order valence-corrected chi connectivity index (χ1v) is 13.5. The molecule has 4 unspecified atom stereocenters. The van der Waals surface area contributed by atoms with Crippen LogP contribution in [0.3, 0.4) is 0 Å². The Morgan fingerprint density at radius 3 is 2.61 bits per heavy atom. The van der Waals surface area contributed by atoms with Crippen molar-refractivity contribution < 1.29 is 39.1 Å². The Labute approximate surface area is 223 Å². The van der Waals surface area contributed by atoms with Gasteiger partial charge in [0.15, 0.2) is 11.5 Å². The predicted octanol–water partition coefficient (Wildman–Crippen LogP) is 1.25. The predicted molar refractivity (Wildman–Crippen MR) is 139 cm³/mol. The van der Waals surface area contributed by atoms with Gasteiger partial charge in [-0.15, -0.1) is 0 Å². The van der Waals surface area contributed by atoms with Crippen LogP contribution in [0.5, 0.6) is 11.5 Å². The average molecular weight is 533 g/mol. The van der Waals surface area contributed by atoms with Crippen molar-refractivity contribution in [3.63, 3.8) is 0 Å². The molecule has 0 spiro atoms. The molecule has 1 saturated carbocycles. The maximum absolute atomic E-state index is 13.6. The van der Waals surface area contributed by atoms with Crippen molar-refractivity contribution in [3.05, 3.63) is 34.9 Å². The quantitative estimate of drug-likeness (QED) is 0.295. The number of nitrogens with zero attached hydrogens (tertiary/aromatic N) is 1. The van der Waals surface area contributed by atoms with Crippen LogP contribution in [-0.2, 0) is 20.9 Å². The minimum Gasteiger partial charge on any atom is -0.493 e. The highest BCUT2D eigenvalue weighted by Gasteiger charge is 2.52. The number of hydrogen-bond donors (Lipinski definition) is 4. The maximum Gasteiger partial charge on any atom is 0.247 e. The van der Waals surface area contributed by atoms with E-state index >= 15 is 0 Å². The van der Waals surface area contributed by atoms with E-state index in [0.29, 0.717) is 47.8 Å². The minimum absolute atomic E-state index is 0.0367. The van der Waals surface area contributed by atoms with Gasteiger partial charge in [-0.1, -0.05) is 6.42 Å². The van der Waals surface area contributed by atoms with Crippen LogP contribution in [0.25, 0.3) is 0 Å². The molecule has 0 aromatic heterocycles. The molecule has 38 heavy (non-hydrogen) atoms. The molecular weight excluding hydrogens is 492 g/mol. The fourth-order valence-electron chi connectivity index (χ4n) is 5.47. The Balaban J connectivity index is 1.72. The number of fused-ring (bicyclic) bond motifs is 3. The molecule has 1 aromatic rings. The number of aliphatic hydroxyl groups is 3. The van der Waals surface area contributed by atoms with Crippen LogP contribution in [0.2, 0.25) is 0 Å². The van der Waals surface area contributed by atoms with Gasteiger partial charge in [0.25, 0.3) is 0 Å². The van der Waals surface area contributed by atoms with E-state index in [1.54, 1.807) is 23.1 Å². The van der Waals surface area contributed by atoms with E-state index in [1.807, 2.05) is 13.8 Å². The van der Waals surface area contributed by atoms with E-state index in [4.69, 9.17) is 14.2 Å². The Morgan fingerprint density at radius 1 is 1.24 bits per heavy atom. The molecule has 0 saturated heterocycles. The zero-order chi connectivity index (χ0) is 27.4. The van der Waals surface area contributed by atoms with Gasteiger partial charge in [0.1, 0.15) is 12.2 Å². The molecule has 10 nitrogen and oxygen atoms in total. The molecule has 2 amide bonds. The lowest BCUT2D eigenvalue weighted by Gasteiger charge is -2.42. The topological polar surface area (TPSA) is 138 Å². The number of nitrogens with one attached hydrogen (secondary N) is 1. The summed E-state index contributed by atoms with van der Waals surface area (Å²) >= 11 is 0. The number of rotatable bonds is 12. The summed E-state index contributed by atoms with van der Waals surface area (Å²) in [5.74, 6) is -0.379. The summed E-state index contributed by atoms with van der Waals surface area (Å²) in [4.78, 5) is 28.6. The monoisotopic (exact) mass is 532 g/mol. The molecule has 4 N–H and O–H groups in total. The molecule has 2 aliphatic carbocycles. The van der Waals surface area contributed by atoms with Gasteiger partial charge in [0.2, 0.25) is 11.8 Å². The largest absolute Gasteiger partial charge is 0.493 e. The third-order valence-corrected chi connectivity index (χ3v) is 7.59. The number of hydrogen-bond acceptors (Lipinski definition) is 8. The van der Waals surface area contributed by atoms with Gasteiger partial charge in [-0.3, -0.25) is 9.59 Å². The fourth-order valence-corrected chi connectivity index (χ4v) is 5.47. The van der Waals surface area contributed by atoms with Crippen molar-refractivity contribution in [2.75, 3.05) is 33.4 Å². The van der Waals surface area contributed by atoms with Crippen LogP contribution in [0.15, 0.2) is 23.8 Å². The lowest BCUT2D eigenvalue weighted by molar-refractivity contribution is -0.144. The molecule has 4 atom stereocenters. The molecule has 1 aliphatic heterocycles. The first-order chi connectivity index (χ1) is 18.3. The summed E-state index contributed by atoms with van der Waals surface area (Å²) in [5, 5.41) is 33.5. The molecule has 0 radical (unpaired) electrons. The first-order valence-electron chi connectivity index (χ1n) is 13.5. The Bertz CT molecular complexity index is 1040. The van der Waals surface area contributed by atoms with E-state index in [-0.39, 0.29) is 37.7 Å². The highest BCUT2D eigenvalue weighted by atomic mass is 16.5. The van der Waals surface area contributed by atoms with Gasteiger partial charge in [0.05, 0.1) is 38.4 Å². The second-order valence-electron chi connectivity index (χ2n) is 10.4. The summed E-state index contributed by atoms with van der Waals surface area (Å²) < 4.78 is 17.4. The fraction of sp³-hybridized carbons (Fsp3) is 0.643. The lowest BCUT2D eigenvalue weighted by atomic mass is 9.76. The smallest absolute Gasteiger partial charge is 0.247 e. The highest BCUT2D eigenvalue weighted by Crippen LogP contribution is 2.51. The van der Waals surface area contributed by atoms with Crippen molar-refractivity contribution in [2.24, 2.45) is 5.92 Å². The second kappa shape index (κ2) is 12.5. The van der Waals surface area contributed by atoms with Gasteiger partial charge in [-0.05, 0) is 56.9 Å². The maximum atomic E-state index is 13.6. The van der Waals surface area contributed by atoms with E-state index in [1.165, 1.54) is 7.11 Å². The summed E-state index contributed by atoms with van der Waals surface area (Å²) in [7, 11) is 1.49. The summed E-state index contributed by atoms with van der Waals surface area (Å²) in [5.41, 5.74) is 1.56. The molecule has 3 aliphatic rings. The van der Waals surface area contributed by atoms with Crippen molar-refractivity contribution in [1.29, 1.82) is 0 Å². The number of aliphatic hydroxyl groups excluding tert-OH is 3. The van der Waals surface area contributed by atoms with E-state index in [2.05, 4.69) is 5.32 Å². The minimum atomic E-state index is -1.11. The van der Waals surface area contributed by atoms with Gasteiger partial charge in [-0.2, -0.15) is 0 Å². The van der Waals surface area contributed by atoms with Crippen LogP contribution < -0.4 is 14.8 Å². The lowest BCUT2D eigenvalue weighted by Crippen LogP contribution is -2.57. The molecule has 1 aromatic carbocycles. The van der Waals surface area contributed by atoms with Gasteiger partial charge in [0, 0.05) is 36.8 Å². The van der Waals surface area contributed by atoms with Crippen LogP contribution >= 0.6 is 0 Å². The Hall–Kier alpha value is -2.66. The number of benzene rings is 1. The zero-order valence-corrected chi connectivity index (χ0v) is 22.4. The molecule has 210 valence electrons. The highest BCUT2D eigenvalue weighted by molar-refractivity contribution is 5.96. The number of carbonyl (C=O) groups is 2. The molecule has 4 rings (SSSR count). The van der Waals surface area contributed by atoms with Crippen molar-refractivity contribution in [3.8, 4) is 11.5 Å². The SMILES string of the molecule is COc1cc(CO)cc2c1OC1C2C(C(=O)NCCO)=CC(N(CCCOC(C)C)C(=O)C2CCC2)C1O. The van der Waals surface area contributed by atoms with Crippen molar-refractivity contribution in [2.45, 2.75) is 76.4 Å². The summed E-state index contributed by atoms with van der Waals surface area (Å²) in [6, 6.07) is 2.63. The molecule has 0 bridgehead atoms. The van der Waals surface area contributed by atoms with Crippen LogP contribution in [0.1, 0.15) is 56.6 Å². The van der Waals surface area contributed by atoms with E-state index in [0.717, 1.165) is 19.3 Å². The van der Waals surface area contributed by atoms with Crippen LogP contribution in [-0.4, -0.2) is 89.8 Å². The third kappa shape index (κ3) is 5.68. The van der Waals surface area contributed by atoms with Crippen LogP contribution in [0, 0.1) is 5.92 Å². The molecule has 10 heteroatoms. The third-order valence-electron chi connectivity index (χ3n) is 7.59. The van der Waals surface area contributed by atoms with Gasteiger partial charge >= 0.3 is 0 Å². The molecule has 1 heterocycles. The van der Waals surface area contributed by atoms with Gasteiger partial charge < -0.3 is 39.7 Å². The number of amides is 2. The number of methoxy groups -OCH3 is 1. The van der Waals surface area contributed by atoms with Gasteiger partial charge in [-0.25, -0.2) is 0 Å². The van der Waals surface area contributed by atoms with Crippen molar-refractivity contribution in [1.82, 2.24) is 10.2 Å². The number of ether oxygens (including phenoxy) is 3. The van der Waals surface area contributed by atoms with E-state index in [9.17, 15) is 24.9 Å². The molecular formula is C28H40N2O8. The van der Waals surface area contributed by atoms with Crippen molar-refractivity contribution >= 4 is 11.8 Å². The standard InChI is InChI=1S/C28H40N2O8/c1-16(2)37-11-5-9-30(28(35)18-6-4-7-18)21-14-20(27(34)29-8-10-31)23-19-12-17(15-32)13-22(36-3)25(19)38-26(23)24(21)33/h12-14,16,18,21,23-24,26,31-33H,4-11,15H2,1-3H3,(H,29,34). The zero-order valence-electron chi connectivity index (χ0n) is 22.4. The Morgan fingerprint density at radius 2 is 2.00 bits per heavy atom. The normalized spacial score (nSPS) is 24.1. The molecule has 1 fully saturated rings. The summed E-state index contributed by atoms with van der Waals surface area (Å²) in [6.45, 7) is 4.35. The second-order valence-corrected chi connectivity index (χ2v) is 10.4.